The van der Waals surface area contributed by atoms with Gasteiger partial charge in [0.15, 0.2) is 0 Å². The number of rotatable bonds is 4. The molecule has 0 saturated heterocycles. The molecule has 1 atom stereocenters. The van der Waals surface area contributed by atoms with Gasteiger partial charge in [-0.3, -0.25) is 4.79 Å². The van der Waals surface area contributed by atoms with Gasteiger partial charge in [-0.05, 0) is 20.8 Å². The van der Waals surface area contributed by atoms with E-state index in [2.05, 4.69) is 10.3 Å². The lowest BCUT2D eigenvalue weighted by Gasteiger charge is -2.11. The van der Waals surface area contributed by atoms with Crippen LogP contribution in [0.1, 0.15) is 27.3 Å². The Bertz CT molecular complexity index is 349. The summed E-state index contributed by atoms with van der Waals surface area (Å²) in [7, 11) is 1.62. The molecule has 0 aromatic carbocycles. The number of nitrogens with zero attached hydrogens (tertiary/aromatic N) is 1. The Balaban J connectivity index is 2.65. The van der Waals surface area contributed by atoms with Crippen molar-refractivity contribution in [3.05, 3.63) is 15.6 Å². The summed E-state index contributed by atoms with van der Waals surface area (Å²) in [4.78, 5) is 16.7. The number of hydrogen-bond acceptors (Lipinski definition) is 4. The second kappa shape index (κ2) is 5.23. The van der Waals surface area contributed by atoms with Crippen LogP contribution in [0.2, 0.25) is 0 Å². The van der Waals surface area contributed by atoms with Gasteiger partial charge in [0, 0.05) is 13.2 Å². The number of methoxy groups -OCH3 is 1. The van der Waals surface area contributed by atoms with E-state index in [0.29, 0.717) is 11.5 Å². The Kier molecular flexibility index (Phi) is 4.23. The van der Waals surface area contributed by atoms with Crippen LogP contribution in [0.5, 0.6) is 0 Å². The first-order valence-corrected chi connectivity index (χ1v) is 5.60. The van der Waals surface area contributed by atoms with Crippen LogP contribution in [0.15, 0.2) is 0 Å². The molecule has 0 aliphatic rings. The maximum atomic E-state index is 11.8. The van der Waals surface area contributed by atoms with E-state index in [-0.39, 0.29) is 11.9 Å². The van der Waals surface area contributed by atoms with Gasteiger partial charge in [0.2, 0.25) is 0 Å². The van der Waals surface area contributed by atoms with Crippen LogP contribution >= 0.6 is 11.3 Å². The van der Waals surface area contributed by atoms with Crippen molar-refractivity contribution >= 4 is 17.2 Å². The summed E-state index contributed by atoms with van der Waals surface area (Å²) in [6.07, 6.45) is 0. The first-order chi connectivity index (χ1) is 7.04. The quantitative estimate of drug-likeness (QED) is 0.850. The molecule has 0 spiro atoms. The maximum absolute atomic E-state index is 11.8. The van der Waals surface area contributed by atoms with Gasteiger partial charge in [0.25, 0.3) is 5.91 Å². The normalized spacial score (nSPS) is 12.5. The van der Waals surface area contributed by atoms with Gasteiger partial charge in [0.1, 0.15) is 4.88 Å². The van der Waals surface area contributed by atoms with Gasteiger partial charge >= 0.3 is 0 Å². The number of amides is 1. The van der Waals surface area contributed by atoms with Crippen LogP contribution in [0.25, 0.3) is 0 Å². The molecule has 84 valence electrons. The summed E-state index contributed by atoms with van der Waals surface area (Å²) in [6, 6.07) is 0.0179. The summed E-state index contributed by atoms with van der Waals surface area (Å²) in [5.41, 5.74) is 0.791. The maximum Gasteiger partial charge on any atom is 0.263 e. The molecule has 4 nitrogen and oxygen atoms in total. The van der Waals surface area contributed by atoms with Crippen molar-refractivity contribution in [2.24, 2.45) is 0 Å². The van der Waals surface area contributed by atoms with E-state index in [9.17, 15) is 4.79 Å². The van der Waals surface area contributed by atoms with Gasteiger partial charge in [-0.15, -0.1) is 11.3 Å². The highest BCUT2D eigenvalue weighted by Gasteiger charge is 2.15. The number of nitrogens with one attached hydrogen (secondary N) is 1. The minimum Gasteiger partial charge on any atom is -0.383 e. The minimum absolute atomic E-state index is 0.0179. The molecule has 1 aromatic heterocycles. The van der Waals surface area contributed by atoms with Crippen molar-refractivity contribution in [2.45, 2.75) is 26.8 Å². The first-order valence-electron chi connectivity index (χ1n) is 4.78. The van der Waals surface area contributed by atoms with Crippen molar-refractivity contribution < 1.29 is 9.53 Å². The molecule has 0 saturated carbocycles. The number of thiazole rings is 1. The highest BCUT2D eigenvalue weighted by Crippen LogP contribution is 2.16. The van der Waals surface area contributed by atoms with E-state index in [1.54, 1.807) is 7.11 Å². The molecule has 0 aliphatic heterocycles. The Labute approximate surface area is 93.7 Å². The zero-order valence-corrected chi connectivity index (χ0v) is 10.3. The zero-order valence-electron chi connectivity index (χ0n) is 9.46. The number of carbonyl (C=O) groups is 1. The molecule has 15 heavy (non-hydrogen) atoms. The van der Waals surface area contributed by atoms with Crippen LogP contribution < -0.4 is 5.32 Å². The Morgan fingerprint density at radius 3 is 2.73 bits per heavy atom. The van der Waals surface area contributed by atoms with Gasteiger partial charge < -0.3 is 10.1 Å². The molecule has 0 bridgehead atoms. The molecule has 1 rings (SSSR count). The third kappa shape index (κ3) is 3.28. The predicted octanol–water partition coefficient (Wildman–Crippen LogP) is 1.52. The standard InChI is InChI=1S/C10H16N2O2S/c1-6(5-14-4)11-10(13)9-7(2)12-8(3)15-9/h6H,5H2,1-4H3,(H,11,13)/t6-/m1/s1. The molecule has 1 amide bonds. The monoisotopic (exact) mass is 228 g/mol. The van der Waals surface area contributed by atoms with Crippen molar-refractivity contribution in [1.29, 1.82) is 0 Å². The van der Waals surface area contributed by atoms with Crippen LogP contribution in [-0.4, -0.2) is 30.6 Å². The number of hydrogen-bond donors (Lipinski definition) is 1. The summed E-state index contributed by atoms with van der Waals surface area (Å²) in [5.74, 6) is -0.0670. The largest absolute Gasteiger partial charge is 0.383 e. The highest BCUT2D eigenvalue weighted by atomic mass is 32.1. The summed E-state index contributed by atoms with van der Waals surface area (Å²) in [5, 5.41) is 3.77. The predicted molar refractivity (Wildman–Crippen MR) is 60.4 cm³/mol. The topological polar surface area (TPSA) is 51.2 Å². The summed E-state index contributed by atoms with van der Waals surface area (Å²) < 4.78 is 4.95. The number of aryl methyl sites for hydroxylation is 2. The van der Waals surface area contributed by atoms with E-state index in [4.69, 9.17) is 4.74 Å². The van der Waals surface area contributed by atoms with Gasteiger partial charge in [-0.1, -0.05) is 0 Å². The van der Waals surface area contributed by atoms with Crippen LogP contribution in [0.4, 0.5) is 0 Å². The van der Waals surface area contributed by atoms with Crippen LogP contribution in [-0.2, 0) is 4.74 Å². The Morgan fingerprint density at radius 2 is 2.27 bits per heavy atom. The van der Waals surface area contributed by atoms with Gasteiger partial charge in [-0.25, -0.2) is 4.98 Å². The lowest BCUT2D eigenvalue weighted by molar-refractivity contribution is 0.0909. The average Bonchev–Trinajstić information content (AvgIpc) is 2.45. The van der Waals surface area contributed by atoms with Crippen molar-refractivity contribution in [3.8, 4) is 0 Å². The third-order valence-corrected chi connectivity index (χ3v) is 2.98. The molecule has 1 heterocycles. The Morgan fingerprint density at radius 1 is 1.60 bits per heavy atom. The van der Waals surface area contributed by atoms with Crippen LogP contribution in [0.3, 0.4) is 0 Å². The molecule has 1 N–H and O–H groups in total. The number of ether oxygens (including phenoxy) is 1. The lowest BCUT2D eigenvalue weighted by Crippen LogP contribution is -2.35. The lowest BCUT2D eigenvalue weighted by atomic mass is 10.3. The summed E-state index contributed by atoms with van der Waals surface area (Å²) in [6.45, 7) is 6.17. The molecular weight excluding hydrogens is 212 g/mol. The zero-order chi connectivity index (χ0) is 11.4. The second-order valence-corrected chi connectivity index (χ2v) is 4.68. The van der Waals surface area contributed by atoms with Crippen molar-refractivity contribution in [3.63, 3.8) is 0 Å². The van der Waals surface area contributed by atoms with E-state index in [1.807, 2.05) is 20.8 Å². The van der Waals surface area contributed by atoms with Crippen molar-refractivity contribution in [2.75, 3.05) is 13.7 Å². The highest BCUT2D eigenvalue weighted by molar-refractivity contribution is 7.13. The fourth-order valence-corrected chi connectivity index (χ4v) is 2.15. The summed E-state index contributed by atoms with van der Waals surface area (Å²) >= 11 is 1.42. The fraction of sp³-hybridized carbons (Fsp3) is 0.600. The van der Waals surface area contributed by atoms with Gasteiger partial charge in [0.05, 0.1) is 17.3 Å². The molecular formula is C10H16N2O2S. The third-order valence-electron chi connectivity index (χ3n) is 1.90. The first kappa shape index (κ1) is 12.1. The van der Waals surface area contributed by atoms with Gasteiger partial charge in [-0.2, -0.15) is 0 Å². The molecule has 5 heteroatoms. The average molecular weight is 228 g/mol. The molecule has 0 aliphatic carbocycles. The smallest absolute Gasteiger partial charge is 0.263 e. The molecule has 1 aromatic rings. The molecule has 0 radical (unpaired) electrons. The second-order valence-electron chi connectivity index (χ2n) is 3.48. The van der Waals surface area contributed by atoms with E-state index >= 15 is 0 Å². The minimum atomic E-state index is -0.0670. The fourth-order valence-electron chi connectivity index (χ4n) is 1.32. The SMILES string of the molecule is COC[C@@H](C)NC(=O)c1sc(C)nc1C. The van der Waals surface area contributed by atoms with Crippen molar-refractivity contribution in [1.82, 2.24) is 10.3 Å². The van der Waals surface area contributed by atoms with Crippen LogP contribution in [0, 0.1) is 13.8 Å². The number of aromatic nitrogens is 1. The van der Waals surface area contributed by atoms with E-state index in [1.165, 1.54) is 11.3 Å². The molecule has 0 fully saturated rings. The van der Waals surface area contributed by atoms with E-state index < -0.39 is 0 Å². The number of carbonyl (C=O) groups excluding carboxylic acids is 1. The Hall–Kier alpha value is -0.940. The van der Waals surface area contributed by atoms with E-state index in [0.717, 1.165) is 10.7 Å². The molecule has 0 unspecified atom stereocenters.